The van der Waals surface area contributed by atoms with Crippen molar-refractivity contribution in [2.24, 2.45) is 0 Å². The summed E-state index contributed by atoms with van der Waals surface area (Å²) in [7, 11) is 0. The van der Waals surface area contributed by atoms with Crippen molar-refractivity contribution in [3.05, 3.63) is 59.7 Å². The quantitative estimate of drug-likeness (QED) is 0.140. The Kier molecular flexibility index (Phi) is 11.3. The minimum atomic E-state index is -0.320. The van der Waals surface area contributed by atoms with E-state index in [1.165, 1.54) is 25.0 Å². The lowest BCUT2D eigenvalue weighted by atomic mass is 10.1. The van der Waals surface area contributed by atoms with E-state index in [4.69, 9.17) is 24.3 Å². The van der Waals surface area contributed by atoms with Crippen LogP contribution >= 0.6 is 0 Å². The Morgan fingerprint density at radius 2 is 1.00 bits per heavy atom. The smallest absolute Gasteiger partial charge is 0.308 e. The average Bonchev–Trinajstić information content (AvgIpc) is 2.73. The van der Waals surface area contributed by atoms with Gasteiger partial charge >= 0.3 is 11.9 Å². The topological polar surface area (TPSA) is 80.3 Å². The van der Waals surface area contributed by atoms with Crippen LogP contribution in [0.5, 0.6) is 11.5 Å². The maximum Gasteiger partial charge on any atom is 0.308 e. The standard InChI is InChI=1S/C24H30O7/c1-19(25)29-23-13-9-21(10-14-23)7-3-5-17-27-31-28-18-6-4-8-22-11-15-24(16-12-22)30-20(2)26/h9-16H,3-8,17-18H2,1-2H3. The maximum absolute atomic E-state index is 10.9. The highest BCUT2D eigenvalue weighted by Crippen LogP contribution is 2.15. The molecule has 31 heavy (non-hydrogen) atoms. The predicted octanol–water partition coefficient (Wildman–Crippen LogP) is 4.76. The minimum absolute atomic E-state index is 0.320. The summed E-state index contributed by atoms with van der Waals surface area (Å²) in [6.07, 6.45) is 5.41. The summed E-state index contributed by atoms with van der Waals surface area (Å²) in [6, 6.07) is 15.0. The van der Waals surface area contributed by atoms with Gasteiger partial charge in [-0.05, 0) is 73.9 Å². The van der Waals surface area contributed by atoms with Crippen LogP contribution in [0.15, 0.2) is 48.5 Å². The molecule has 0 aliphatic carbocycles. The summed E-state index contributed by atoms with van der Waals surface area (Å²) in [4.78, 5) is 31.8. The molecule has 0 N–H and O–H groups in total. The van der Waals surface area contributed by atoms with Crippen LogP contribution in [0.4, 0.5) is 0 Å². The zero-order valence-corrected chi connectivity index (χ0v) is 18.1. The van der Waals surface area contributed by atoms with Crippen molar-refractivity contribution in [3.8, 4) is 11.5 Å². The van der Waals surface area contributed by atoms with E-state index in [9.17, 15) is 9.59 Å². The van der Waals surface area contributed by atoms with Gasteiger partial charge in [0.1, 0.15) is 11.5 Å². The molecule has 0 radical (unpaired) electrons. The van der Waals surface area contributed by atoms with Crippen LogP contribution in [-0.2, 0) is 37.2 Å². The van der Waals surface area contributed by atoms with E-state index in [2.05, 4.69) is 0 Å². The minimum Gasteiger partial charge on any atom is -0.427 e. The van der Waals surface area contributed by atoms with Gasteiger partial charge in [0.15, 0.2) is 0 Å². The second-order valence-corrected chi connectivity index (χ2v) is 7.10. The molecule has 0 bridgehead atoms. The molecule has 0 unspecified atom stereocenters. The summed E-state index contributed by atoms with van der Waals surface area (Å²) in [5, 5.41) is 4.75. The molecule has 0 saturated carbocycles. The Bertz CT molecular complexity index is 717. The van der Waals surface area contributed by atoms with Crippen LogP contribution < -0.4 is 9.47 Å². The third kappa shape index (κ3) is 11.3. The number of rotatable bonds is 14. The molecule has 0 spiro atoms. The monoisotopic (exact) mass is 430 g/mol. The summed E-state index contributed by atoms with van der Waals surface area (Å²) in [5.74, 6) is 0.475. The molecule has 0 atom stereocenters. The molecule has 0 fully saturated rings. The second-order valence-electron chi connectivity index (χ2n) is 7.10. The van der Waals surface area contributed by atoms with Gasteiger partial charge in [0, 0.05) is 13.8 Å². The molecule has 0 aliphatic heterocycles. The zero-order valence-electron chi connectivity index (χ0n) is 18.1. The third-order valence-corrected chi connectivity index (χ3v) is 4.35. The molecule has 0 amide bonds. The highest BCUT2D eigenvalue weighted by molar-refractivity contribution is 5.69. The lowest BCUT2D eigenvalue weighted by molar-refractivity contribution is -0.512. The van der Waals surface area contributed by atoms with E-state index in [1.807, 2.05) is 24.3 Å². The Morgan fingerprint density at radius 1 is 0.613 bits per heavy atom. The van der Waals surface area contributed by atoms with Crippen molar-refractivity contribution in [2.75, 3.05) is 13.2 Å². The highest BCUT2D eigenvalue weighted by atomic mass is 17.5. The number of carbonyl (C=O) groups excluding carboxylic acids is 2. The van der Waals surface area contributed by atoms with Crippen molar-refractivity contribution in [3.63, 3.8) is 0 Å². The van der Waals surface area contributed by atoms with Crippen molar-refractivity contribution < 1.29 is 33.9 Å². The third-order valence-electron chi connectivity index (χ3n) is 4.35. The van der Waals surface area contributed by atoms with Crippen molar-refractivity contribution in [1.82, 2.24) is 0 Å². The maximum atomic E-state index is 10.9. The SMILES string of the molecule is CC(=O)Oc1ccc(CCCCOOOCCCCc2ccc(OC(C)=O)cc2)cc1. The van der Waals surface area contributed by atoms with Gasteiger partial charge in [-0.3, -0.25) is 9.59 Å². The molecule has 2 aromatic carbocycles. The van der Waals surface area contributed by atoms with Crippen molar-refractivity contribution in [1.29, 1.82) is 0 Å². The molecule has 7 heteroatoms. The van der Waals surface area contributed by atoms with Gasteiger partial charge in [0.2, 0.25) is 0 Å². The van der Waals surface area contributed by atoms with Crippen LogP contribution in [0.1, 0.15) is 50.7 Å². The second kappa shape index (κ2) is 14.3. The van der Waals surface area contributed by atoms with Crippen LogP contribution in [0.25, 0.3) is 0 Å². The van der Waals surface area contributed by atoms with E-state index in [-0.39, 0.29) is 11.9 Å². The van der Waals surface area contributed by atoms with Gasteiger partial charge in [-0.25, -0.2) is 9.78 Å². The first kappa shape index (κ1) is 24.5. The van der Waals surface area contributed by atoms with Crippen molar-refractivity contribution >= 4 is 11.9 Å². The summed E-state index contributed by atoms with van der Waals surface area (Å²) < 4.78 is 10.0. The van der Waals surface area contributed by atoms with Crippen LogP contribution in [0, 0.1) is 0 Å². The van der Waals surface area contributed by atoms with Gasteiger partial charge in [0.25, 0.3) is 0 Å². The van der Waals surface area contributed by atoms with E-state index in [0.717, 1.165) is 38.5 Å². The van der Waals surface area contributed by atoms with E-state index < -0.39 is 0 Å². The number of carbonyl (C=O) groups is 2. The van der Waals surface area contributed by atoms with Gasteiger partial charge in [-0.2, -0.15) is 0 Å². The van der Waals surface area contributed by atoms with E-state index in [1.54, 1.807) is 24.3 Å². The molecule has 7 nitrogen and oxygen atoms in total. The number of unbranched alkanes of at least 4 members (excludes halogenated alkanes) is 2. The number of benzene rings is 2. The van der Waals surface area contributed by atoms with Crippen LogP contribution in [-0.4, -0.2) is 25.2 Å². The molecule has 0 aromatic heterocycles. The van der Waals surface area contributed by atoms with Gasteiger partial charge < -0.3 is 9.47 Å². The van der Waals surface area contributed by atoms with Crippen LogP contribution in [0.3, 0.4) is 0 Å². The average molecular weight is 430 g/mol. The number of esters is 2. The fourth-order valence-corrected chi connectivity index (χ4v) is 2.86. The fraction of sp³-hybridized carbons (Fsp3) is 0.417. The Labute approximate surface area is 183 Å². The summed E-state index contributed by atoms with van der Waals surface area (Å²) >= 11 is 0. The Morgan fingerprint density at radius 3 is 1.35 bits per heavy atom. The largest absolute Gasteiger partial charge is 0.427 e. The Balaban J connectivity index is 1.42. The first-order valence-electron chi connectivity index (χ1n) is 10.5. The Hall–Kier alpha value is -2.74. The van der Waals surface area contributed by atoms with Crippen molar-refractivity contribution in [2.45, 2.75) is 52.4 Å². The number of hydrogen-bond donors (Lipinski definition) is 0. The summed E-state index contributed by atoms with van der Waals surface area (Å²) in [5.41, 5.74) is 2.35. The number of ether oxygens (including phenoxy) is 2. The normalized spacial score (nSPS) is 10.6. The first-order valence-corrected chi connectivity index (χ1v) is 10.5. The van der Waals surface area contributed by atoms with Gasteiger partial charge in [0.05, 0.1) is 13.2 Å². The predicted molar refractivity (Wildman–Crippen MR) is 114 cm³/mol. The molecule has 2 aromatic rings. The number of aryl methyl sites for hydroxylation is 2. The molecular weight excluding hydrogens is 400 g/mol. The summed E-state index contributed by atoms with van der Waals surface area (Å²) in [6.45, 7) is 3.68. The highest BCUT2D eigenvalue weighted by Gasteiger charge is 2.01. The van der Waals surface area contributed by atoms with E-state index in [0.29, 0.717) is 24.7 Å². The van der Waals surface area contributed by atoms with E-state index >= 15 is 0 Å². The molecule has 168 valence electrons. The molecule has 0 aliphatic rings. The van der Waals surface area contributed by atoms with Crippen LogP contribution in [0.2, 0.25) is 0 Å². The first-order chi connectivity index (χ1) is 15.0. The van der Waals surface area contributed by atoms with Gasteiger partial charge in [-0.15, -0.1) is 0 Å². The molecular formula is C24H30O7. The lowest BCUT2D eigenvalue weighted by Crippen LogP contribution is -2.02. The van der Waals surface area contributed by atoms with Gasteiger partial charge in [-0.1, -0.05) is 29.3 Å². The fourth-order valence-electron chi connectivity index (χ4n) is 2.86. The zero-order chi connectivity index (χ0) is 22.3. The number of hydrogen-bond acceptors (Lipinski definition) is 7. The molecule has 0 saturated heterocycles. The lowest BCUT2D eigenvalue weighted by Gasteiger charge is -2.06. The molecule has 2 rings (SSSR count). The molecule has 0 heterocycles.